The number of nitro groups is 1. The highest BCUT2D eigenvalue weighted by molar-refractivity contribution is 5.93. The van der Waals surface area contributed by atoms with Crippen LogP contribution < -0.4 is 5.32 Å². The molecule has 1 aliphatic rings. The molecule has 0 saturated carbocycles. The van der Waals surface area contributed by atoms with Gasteiger partial charge in [0, 0.05) is 25.7 Å². The van der Waals surface area contributed by atoms with Crippen molar-refractivity contribution in [3.05, 3.63) is 63.6 Å². The minimum Gasteiger partial charge on any atom is -0.358 e. The molecule has 3 rings (SSSR count). The molecular formula is C15H16ClFN4O3. The van der Waals surface area contributed by atoms with E-state index >= 15 is 0 Å². The zero-order chi connectivity index (χ0) is 16.4. The first-order chi connectivity index (χ1) is 11.1. The summed E-state index contributed by atoms with van der Waals surface area (Å²) in [7, 11) is 0. The van der Waals surface area contributed by atoms with E-state index in [1.165, 1.54) is 24.3 Å². The Morgan fingerprint density at radius 2 is 2.12 bits per heavy atom. The van der Waals surface area contributed by atoms with Gasteiger partial charge in [-0.1, -0.05) is 12.1 Å². The molecule has 2 heterocycles. The number of carbonyl (C=O) groups excluding carboxylic acids is 1. The monoisotopic (exact) mass is 354 g/mol. The molecule has 0 spiro atoms. The predicted molar refractivity (Wildman–Crippen MR) is 87.7 cm³/mol. The minimum atomic E-state index is -0.585. The van der Waals surface area contributed by atoms with E-state index in [1.807, 2.05) is 0 Å². The average molecular weight is 355 g/mol. The Hall–Kier alpha value is -2.45. The number of aromatic nitrogens is 1. The molecule has 1 aromatic heterocycles. The molecule has 2 aromatic rings. The average Bonchev–Trinajstić information content (AvgIpc) is 3.04. The largest absolute Gasteiger partial charge is 0.358 e. The van der Waals surface area contributed by atoms with E-state index in [1.54, 1.807) is 17.0 Å². The van der Waals surface area contributed by atoms with Gasteiger partial charge in [-0.15, -0.1) is 12.4 Å². The highest BCUT2D eigenvalue weighted by Gasteiger charge is 2.31. The molecule has 1 fully saturated rings. The van der Waals surface area contributed by atoms with Crippen LogP contribution >= 0.6 is 12.4 Å². The lowest BCUT2D eigenvalue weighted by atomic mass is 10.0. The molecule has 24 heavy (non-hydrogen) atoms. The van der Waals surface area contributed by atoms with Crippen molar-refractivity contribution in [3.8, 4) is 0 Å². The molecule has 2 N–H and O–H groups in total. The molecule has 1 saturated heterocycles. The number of amides is 1. The molecule has 0 radical (unpaired) electrons. The third-order valence-electron chi connectivity index (χ3n) is 3.84. The Kier molecular flexibility index (Phi) is 5.53. The molecular weight excluding hydrogens is 339 g/mol. The number of piperazine rings is 1. The summed E-state index contributed by atoms with van der Waals surface area (Å²) in [5.74, 6) is -0.935. The Labute approximate surface area is 143 Å². The van der Waals surface area contributed by atoms with Crippen molar-refractivity contribution in [1.82, 2.24) is 15.2 Å². The summed E-state index contributed by atoms with van der Waals surface area (Å²) in [6.45, 7) is 1.55. The number of rotatable bonds is 3. The SMILES string of the molecule is Cl.O=C(c1ccc([N+](=O)[O-])[nH]1)N1CCNCC1c1cccc(F)c1. The van der Waals surface area contributed by atoms with E-state index in [0.717, 1.165) is 0 Å². The lowest BCUT2D eigenvalue weighted by Gasteiger charge is -2.35. The Morgan fingerprint density at radius 1 is 1.33 bits per heavy atom. The number of carbonyl (C=O) groups is 1. The lowest BCUT2D eigenvalue weighted by molar-refractivity contribution is -0.389. The van der Waals surface area contributed by atoms with Crippen LogP contribution in [0.15, 0.2) is 36.4 Å². The van der Waals surface area contributed by atoms with Crippen LogP contribution in [-0.2, 0) is 0 Å². The first-order valence-electron chi connectivity index (χ1n) is 7.17. The number of halogens is 2. The normalized spacial score (nSPS) is 17.2. The molecule has 1 unspecified atom stereocenters. The second-order valence-corrected chi connectivity index (χ2v) is 5.29. The molecule has 0 bridgehead atoms. The standard InChI is InChI=1S/C15H15FN4O3.ClH/c16-11-3-1-2-10(8-11)13-9-17-6-7-19(13)15(21)12-4-5-14(18-12)20(22)23;/h1-5,8,13,17-18H,6-7,9H2;1H. The molecule has 0 aliphatic carbocycles. The van der Waals surface area contributed by atoms with Crippen LogP contribution in [0.1, 0.15) is 22.1 Å². The smallest absolute Gasteiger partial charge is 0.321 e. The van der Waals surface area contributed by atoms with E-state index in [-0.39, 0.29) is 41.7 Å². The summed E-state index contributed by atoms with van der Waals surface area (Å²) in [5, 5.41) is 13.9. The van der Waals surface area contributed by atoms with Crippen molar-refractivity contribution in [2.24, 2.45) is 0 Å². The Morgan fingerprint density at radius 3 is 2.79 bits per heavy atom. The highest BCUT2D eigenvalue weighted by Crippen LogP contribution is 2.25. The van der Waals surface area contributed by atoms with Gasteiger partial charge in [0.05, 0.1) is 6.04 Å². The number of nitrogens with one attached hydrogen (secondary N) is 2. The van der Waals surface area contributed by atoms with Crippen LogP contribution in [0.5, 0.6) is 0 Å². The Bertz CT molecular complexity index is 752. The molecule has 9 heteroatoms. The van der Waals surface area contributed by atoms with Crippen molar-refractivity contribution in [1.29, 1.82) is 0 Å². The van der Waals surface area contributed by atoms with E-state index in [9.17, 15) is 19.3 Å². The van der Waals surface area contributed by atoms with Gasteiger partial charge in [-0.3, -0.25) is 4.79 Å². The first-order valence-corrected chi connectivity index (χ1v) is 7.17. The number of hydrogen-bond acceptors (Lipinski definition) is 4. The molecule has 1 aromatic carbocycles. The number of H-pyrrole nitrogens is 1. The van der Waals surface area contributed by atoms with E-state index in [0.29, 0.717) is 25.2 Å². The van der Waals surface area contributed by atoms with Gasteiger partial charge in [0.25, 0.3) is 5.91 Å². The first kappa shape index (κ1) is 17.9. The van der Waals surface area contributed by atoms with Crippen molar-refractivity contribution >= 4 is 24.1 Å². The quantitative estimate of drug-likeness (QED) is 0.653. The van der Waals surface area contributed by atoms with E-state index < -0.39 is 4.92 Å². The second kappa shape index (κ2) is 7.41. The summed E-state index contributed by atoms with van der Waals surface area (Å²) in [4.78, 5) is 26.9. The molecule has 1 amide bonds. The predicted octanol–water partition coefficient (Wildman–Crippen LogP) is 2.27. The third-order valence-corrected chi connectivity index (χ3v) is 3.84. The van der Waals surface area contributed by atoms with E-state index in [2.05, 4.69) is 10.3 Å². The van der Waals surface area contributed by atoms with Gasteiger partial charge in [0.1, 0.15) is 5.82 Å². The van der Waals surface area contributed by atoms with Crippen molar-refractivity contribution in [2.75, 3.05) is 19.6 Å². The van der Waals surface area contributed by atoms with Gasteiger partial charge in [0.2, 0.25) is 0 Å². The van der Waals surface area contributed by atoms with Crippen LogP contribution in [-0.4, -0.2) is 40.3 Å². The van der Waals surface area contributed by atoms with Gasteiger partial charge < -0.3 is 20.3 Å². The van der Waals surface area contributed by atoms with Gasteiger partial charge in [0.15, 0.2) is 5.69 Å². The van der Waals surface area contributed by atoms with Gasteiger partial charge in [-0.2, -0.15) is 0 Å². The summed E-state index contributed by atoms with van der Waals surface area (Å²) in [6, 6.07) is 8.43. The van der Waals surface area contributed by atoms with Gasteiger partial charge in [-0.25, -0.2) is 9.37 Å². The number of benzene rings is 1. The van der Waals surface area contributed by atoms with Crippen molar-refractivity contribution in [2.45, 2.75) is 6.04 Å². The van der Waals surface area contributed by atoms with Crippen LogP contribution in [0.3, 0.4) is 0 Å². The maximum Gasteiger partial charge on any atom is 0.321 e. The van der Waals surface area contributed by atoms with Crippen LogP contribution in [0.2, 0.25) is 0 Å². The van der Waals surface area contributed by atoms with E-state index in [4.69, 9.17) is 0 Å². The fourth-order valence-corrected chi connectivity index (χ4v) is 2.73. The van der Waals surface area contributed by atoms with Crippen LogP contribution in [0.25, 0.3) is 0 Å². The Balaban J connectivity index is 0.00000208. The number of nitrogens with zero attached hydrogens (tertiary/aromatic N) is 2. The van der Waals surface area contributed by atoms with Gasteiger partial charge >= 0.3 is 5.82 Å². The van der Waals surface area contributed by atoms with Crippen molar-refractivity contribution in [3.63, 3.8) is 0 Å². The molecule has 7 nitrogen and oxygen atoms in total. The zero-order valence-corrected chi connectivity index (χ0v) is 13.4. The number of hydrogen-bond donors (Lipinski definition) is 2. The maximum absolute atomic E-state index is 13.5. The molecule has 128 valence electrons. The minimum absolute atomic E-state index is 0. The fourth-order valence-electron chi connectivity index (χ4n) is 2.73. The molecule has 1 aliphatic heterocycles. The summed E-state index contributed by atoms with van der Waals surface area (Å²) in [5.41, 5.74) is 0.839. The van der Waals surface area contributed by atoms with Crippen molar-refractivity contribution < 1.29 is 14.1 Å². The summed E-state index contributed by atoms with van der Waals surface area (Å²) < 4.78 is 13.5. The number of aromatic amines is 1. The lowest BCUT2D eigenvalue weighted by Crippen LogP contribution is -2.48. The molecule has 1 atom stereocenters. The summed E-state index contributed by atoms with van der Waals surface area (Å²) in [6.07, 6.45) is 0. The second-order valence-electron chi connectivity index (χ2n) is 5.29. The van der Waals surface area contributed by atoms with Crippen LogP contribution in [0, 0.1) is 15.9 Å². The highest BCUT2D eigenvalue weighted by atomic mass is 35.5. The van der Waals surface area contributed by atoms with Gasteiger partial charge in [-0.05, 0) is 28.7 Å². The summed E-state index contributed by atoms with van der Waals surface area (Å²) >= 11 is 0. The fraction of sp³-hybridized carbons (Fsp3) is 0.267. The third kappa shape index (κ3) is 3.55. The zero-order valence-electron chi connectivity index (χ0n) is 12.6. The topological polar surface area (TPSA) is 91.3 Å². The maximum atomic E-state index is 13.5. The van der Waals surface area contributed by atoms with Crippen LogP contribution in [0.4, 0.5) is 10.2 Å².